The summed E-state index contributed by atoms with van der Waals surface area (Å²) in [6.45, 7) is 2.70. The fourth-order valence-electron chi connectivity index (χ4n) is 1.18. The zero-order valence-corrected chi connectivity index (χ0v) is 9.08. The predicted molar refractivity (Wildman–Crippen MR) is 58.2 cm³/mol. The lowest BCUT2D eigenvalue weighted by atomic mass is 10.3. The molecule has 1 unspecified atom stereocenters. The molecule has 0 bridgehead atoms. The molecule has 0 saturated carbocycles. The van der Waals surface area contributed by atoms with Gasteiger partial charge >= 0.3 is 0 Å². The first-order valence-electron chi connectivity index (χ1n) is 4.56. The number of hydrogen-bond acceptors (Lipinski definition) is 6. The van der Waals surface area contributed by atoms with Gasteiger partial charge in [0.15, 0.2) is 5.82 Å². The van der Waals surface area contributed by atoms with Gasteiger partial charge in [-0.15, -0.1) is 21.5 Å². The van der Waals surface area contributed by atoms with Crippen molar-refractivity contribution in [2.45, 2.75) is 19.5 Å². The summed E-state index contributed by atoms with van der Waals surface area (Å²) in [5.74, 6) is 0.658. The molecule has 0 aliphatic carbocycles. The molecule has 2 aromatic rings. The smallest absolute Gasteiger partial charge is 0.191 e. The van der Waals surface area contributed by atoms with Crippen molar-refractivity contribution in [2.24, 2.45) is 0 Å². The highest BCUT2D eigenvalue weighted by Crippen LogP contribution is 2.19. The summed E-state index contributed by atoms with van der Waals surface area (Å²) >= 11 is 1.64. The Morgan fingerprint density at radius 2 is 2.53 bits per heavy atom. The maximum Gasteiger partial charge on any atom is 0.191 e. The minimum atomic E-state index is 0.0604. The third kappa shape index (κ3) is 2.31. The molecule has 0 aromatic carbocycles. The monoisotopic (exact) mass is 224 g/mol. The molecule has 0 saturated heterocycles. The molecule has 0 radical (unpaired) electrons. The summed E-state index contributed by atoms with van der Waals surface area (Å²) < 4.78 is 0. The maximum atomic E-state index is 5.77. The number of nitrogens with one attached hydrogen (secondary N) is 2. The predicted octanol–water partition coefficient (Wildman–Crippen LogP) is 0.694. The van der Waals surface area contributed by atoms with Crippen LogP contribution in [-0.2, 0) is 6.54 Å². The van der Waals surface area contributed by atoms with Gasteiger partial charge < -0.3 is 11.1 Å². The number of anilines is 1. The van der Waals surface area contributed by atoms with Gasteiger partial charge in [0.2, 0.25) is 0 Å². The van der Waals surface area contributed by atoms with Crippen LogP contribution >= 0.6 is 11.3 Å². The largest absolute Gasteiger partial charge is 0.398 e. The molecule has 6 nitrogen and oxygen atoms in total. The second-order valence-corrected chi connectivity index (χ2v) is 4.17. The van der Waals surface area contributed by atoms with E-state index < -0.39 is 0 Å². The van der Waals surface area contributed by atoms with E-state index >= 15 is 0 Å². The third-order valence-electron chi connectivity index (χ3n) is 2.10. The number of nitrogens with two attached hydrogens (primary N) is 1. The Balaban J connectivity index is 1.91. The van der Waals surface area contributed by atoms with Crippen molar-refractivity contribution >= 4 is 17.0 Å². The van der Waals surface area contributed by atoms with Crippen LogP contribution in [0.25, 0.3) is 0 Å². The van der Waals surface area contributed by atoms with Crippen LogP contribution in [0.3, 0.4) is 0 Å². The summed E-state index contributed by atoms with van der Waals surface area (Å²) in [5, 5.41) is 19.0. The highest BCUT2D eigenvalue weighted by Gasteiger charge is 2.10. The van der Waals surface area contributed by atoms with Gasteiger partial charge in [0.05, 0.1) is 6.04 Å². The van der Waals surface area contributed by atoms with Crippen LogP contribution in [0.2, 0.25) is 0 Å². The molecule has 0 aliphatic rings. The Bertz CT molecular complexity index is 408. The first kappa shape index (κ1) is 10.1. The van der Waals surface area contributed by atoms with Crippen LogP contribution in [0.5, 0.6) is 0 Å². The zero-order valence-electron chi connectivity index (χ0n) is 8.27. The van der Waals surface area contributed by atoms with E-state index in [2.05, 4.69) is 25.9 Å². The summed E-state index contributed by atoms with van der Waals surface area (Å²) in [6.07, 6.45) is 0. The SMILES string of the molecule is CC(NCc1sccc1N)c1nn[nH]n1. The van der Waals surface area contributed by atoms with Crippen molar-refractivity contribution in [2.75, 3.05) is 5.73 Å². The van der Waals surface area contributed by atoms with Crippen molar-refractivity contribution in [3.8, 4) is 0 Å². The molecule has 80 valence electrons. The first-order valence-corrected chi connectivity index (χ1v) is 5.44. The highest BCUT2D eigenvalue weighted by atomic mass is 32.1. The van der Waals surface area contributed by atoms with Crippen LogP contribution < -0.4 is 11.1 Å². The Kier molecular flexibility index (Phi) is 2.93. The molecule has 2 heterocycles. The van der Waals surface area contributed by atoms with Crippen LogP contribution in [0, 0.1) is 0 Å². The van der Waals surface area contributed by atoms with Gasteiger partial charge in [-0.25, -0.2) is 0 Å². The minimum Gasteiger partial charge on any atom is -0.398 e. The number of nitrogens with zero attached hydrogens (tertiary/aromatic N) is 3. The van der Waals surface area contributed by atoms with E-state index in [1.165, 1.54) is 0 Å². The molecule has 15 heavy (non-hydrogen) atoms. The minimum absolute atomic E-state index is 0.0604. The second-order valence-electron chi connectivity index (χ2n) is 3.17. The quantitative estimate of drug-likeness (QED) is 0.710. The number of aromatic nitrogens is 4. The van der Waals surface area contributed by atoms with E-state index in [0.29, 0.717) is 5.82 Å². The summed E-state index contributed by atoms with van der Waals surface area (Å²) in [7, 11) is 0. The second kappa shape index (κ2) is 4.37. The van der Waals surface area contributed by atoms with Crippen LogP contribution in [0.1, 0.15) is 23.7 Å². The molecular formula is C8H12N6S. The van der Waals surface area contributed by atoms with Crippen molar-refractivity contribution in [1.29, 1.82) is 0 Å². The van der Waals surface area contributed by atoms with Gasteiger partial charge in [0.1, 0.15) is 0 Å². The van der Waals surface area contributed by atoms with Gasteiger partial charge in [-0.2, -0.15) is 5.21 Å². The number of H-pyrrole nitrogens is 1. The van der Waals surface area contributed by atoms with Gasteiger partial charge in [-0.05, 0) is 18.4 Å². The van der Waals surface area contributed by atoms with E-state index in [9.17, 15) is 0 Å². The Hall–Kier alpha value is -1.47. The number of aromatic amines is 1. The van der Waals surface area contributed by atoms with Crippen molar-refractivity contribution < 1.29 is 0 Å². The topological polar surface area (TPSA) is 92.5 Å². The fourth-order valence-corrected chi connectivity index (χ4v) is 1.93. The number of rotatable bonds is 4. The van der Waals surface area contributed by atoms with Gasteiger partial charge in [-0.1, -0.05) is 5.21 Å². The highest BCUT2D eigenvalue weighted by molar-refractivity contribution is 7.10. The summed E-state index contributed by atoms with van der Waals surface area (Å²) in [4.78, 5) is 1.13. The Morgan fingerprint density at radius 1 is 1.67 bits per heavy atom. The summed E-state index contributed by atoms with van der Waals surface area (Å²) in [6, 6.07) is 1.96. The molecule has 7 heteroatoms. The lowest BCUT2D eigenvalue weighted by molar-refractivity contribution is 0.550. The van der Waals surface area contributed by atoms with Crippen molar-refractivity contribution in [3.63, 3.8) is 0 Å². The molecule has 0 fully saturated rings. The van der Waals surface area contributed by atoms with Crippen molar-refractivity contribution in [1.82, 2.24) is 25.9 Å². The lowest BCUT2D eigenvalue weighted by Crippen LogP contribution is -2.19. The average Bonchev–Trinajstić information content (AvgIpc) is 2.85. The van der Waals surface area contributed by atoms with E-state index in [4.69, 9.17) is 5.73 Å². The standard InChI is InChI=1S/C8H12N6S/c1-5(8-11-13-14-12-8)10-4-7-6(9)2-3-15-7/h2-3,5,10H,4,9H2,1H3,(H,11,12,13,14). The van der Waals surface area contributed by atoms with E-state index in [1.807, 2.05) is 18.4 Å². The van der Waals surface area contributed by atoms with E-state index in [-0.39, 0.29) is 6.04 Å². The molecule has 2 aromatic heterocycles. The molecule has 4 N–H and O–H groups in total. The third-order valence-corrected chi connectivity index (χ3v) is 3.03. The van der Waals surface area contributed by atoms with E-state index in [0.717, 1.165) is 17.1 Å². The molecule has 0 amide bonds. The maximum absolute atomic E-state index is 5.77. The molecular weight excluding hydrogens is 212 g/mol. The Morgan fingerprint density at radius 3 is 3.13 bits per heavy atom. The van der Waals surface area contributed by atoms with Gasteiger partial charge in [-0.3, -0.25) is 0 Å². The van der Waals surface area contributed by atoms with E-state index in [1.54, 1.807) is 11.3 Å². The number of tetrazole rings is 1. The van der Waals surface area contributed by atoms with Gasteiger partial charge in [0, 0.05) is 17.1 Å². The van der Waals surface area contributed by atoms with Crippen LogP contribution in [-0.4, -0.2) is 20.6 Å². The Labute approximate surface area is 90.9 Å². The molecule has 0 spiro atoms. The normalized spacial score (nSPS) is 12.9. The van der Waals surface area contributed by atoms with Crippen LogP contribution in [0.4, 0.5) is 5.69 Å². The molecule has 0 aliphatic heterocycles. The lowest BCUT2D eigenvalue weighted by Gasteiger charge is -2.08. The zero-order chi connectivity index (χ0) is 10.7. The fraction of sp³-hybridized carbons (Fsp3) is 0.375. The number of nitrogen functional groups attached to an aromatic ring is 1. The first-order chi connectivity index (χ1) is 7.27. The van der Waals surface area contributed by atoms with Crippen LogP contribution in [0.15, 0.2) is 11.4 Å². The summed E-state index contributed by atoms with van der Waals surface area (Å²) in [5.41, 5.74) is 6.59. The number of hydrogen-bond donors (Lipinski definition) is 3. The molecule has 1 atom stereocenters. The average molecular weight is 224 g/mol. The van der Waals surface area contributed by atoms with Crippen molar-refractivity contribution in [3.05, 3.63) is 22.1 Å². The number of thiophene rings is 1. The van der Waals surface area contributed by atoms with Gasteiger partial charge in [0.25, 0.3) is 0 Å². The molecule has 2 rings (SSSR count).